The standard InChI is InChI=1S/C16H20N4O2/c17-16(7-10-22-11-8-16)15(21)18-12-13-6-9-20(19-13)14-4-2-1-3-5-14/h1-6,9H,7-8,10-12,17H2,(H,18,21). The summed E-state index contributed by atoms with van der Waals surface area (Å²) in [7, 11) is 0. The van der Waals surface area contributed by atoms with Crippen LogP contribution < -0.4 is 11.1 Å². The average Bonchev–Trinajstić information content (AvgIpc) is 3.03. The van der Waals surface area contributed by atoms with Crippen LogP contribution in [0.3, 0.4) is 0 Å². The van der Waals surface area contributed by atoms with Crippen molar-refractivity contribution in [2.75, 3.05) is 13.2 Å². The quantitative estimate of drug-likeness (QED) is 0.882. The van der Waals surface area contributed by atoms with Crippen molar-refractivity contribution in [2.45, 2.75) is 24.9 Å². The van der Waals surface area contributed by atoms with Gasteiger partial charge in [0.15, 0.2) is 0 Å². The van der Waals surface area contributed by atoms with Crippen molar-refractivity contribution in [1.29, 1.82) is 0 Å². The predicted molar refractivity (Wildman–Crippen MR) is 82.4 cm³/mol. The van der Waals surface area contributed by atoms with E-state index in [9.17, 15) is 4.79 Å². The van der Waals surface area contributed by atoms with Gasteiger partial charge in [-0.25, -0.2) is 4.68 Å². The molecule has 0 radical (unpaired) electrons. The molecule has 1 aliphatic heterocycles. The van der Waals surface area contributed by atoms with Crippen molar-refractivity contribution >= 4 is 5.91 Å². The van der Waals surface area contributed by atoms with E-state index in [1.807, 2.05) is 42.6 Å². The molecule has 1 saturated heterocycles. The summed E-state index contributed by atoms with van der Waals surface area (Å²) in [5.74, 6) is -0.134. The zero-order valence-corrected chi connectivity index (χ0v) is 12.4. The predicted octanol–water partition coefficient (Wildman–Crippen LogP) is 0.996. The van der Waals surface area contributed by atoms with Crippen LogP contribution in [0.15, 0.2) is 42.6 Å². The van der Waals surface area contributed by atoms with E-state index in [0.717, 1.165) is 11.4 Å². The Balaban J connectivity index is 1.60. The molecule has 1 aromatic carbocycles. The molecule has 0 saturated carbocycles. The number of benzene rings is 1. The van der Waals surface area contributed by atoms with Gasteiger partial charge < -0.3 is 15.8 Å². The van der Waals surface area contributed by atoms with E-state index in [-0.39, 0.29) is 5.91 Å². The maximum atomic E-state index is 12.2. The first-order valence-electron chi connectivity index (χ1n) is 7.42. The average molecular weight is 300 g/mol. The van der Waals surface area contributed by atoms with Gasteiger partial charge in [0.2, 0.25) is 5.91 Å². The van der Waals surface area contributed by atoms with Crippen molar-refractivity contribution < 1.29 is 9.53 Å². The van der Waals surface area contributed by atoms with Gasteiger partial charge in [-0.1, -0.05) is 18.2 Å². The van der Waals surface area contributed by atoms with Crippen LogP contribution in [0.2, 0.25) is 0 Å². The molecule has 1 amide bonds. The molecule has 1 aliphatic rings. The molecule has 3 N–H and O–H groups in total. The van der Waals surface area contributed by atoms with Crippen molar-refractivity contribution in [3.05, 3.63) is 48.3 Å². The van der Waals surface area contributed by atoms with E-state index in [4.69, 9.17) is 10.5 Å². The Hall–Kier alpha value is -2.18. The minimum atomic E-state index is -0.819. The van der Waals surface area contributed by atoms with E-state index in [1.165, 1.54) is 0 Å². The molecule has 116 valence electrons. The Kier molecular flexibility index (Phi) is 4.22. The first-order chi connectivity index (χ1) is 10.7. The molecule has 2 aromatic rings. The topological polar surface area (TPSA) is 82.2 Å². The Labute approximate surface area is 129 Å². The molecule has 0 bridgehead atoms. The number of amides is 1. The van der Waals surface area contributed by atoms with Crippen LogP contribution in [-0.2, 0) is 16.1 Å². The Morgan fingerprint density at radius 2 is 2.00 bits per heavy atom. The maximum absolute atomic E-state index is 12.2. The Morgan fingerprint density at radius 1 is 1.27 bits per heavy atom. The zero-order chi connectivity index (χ0) is 15.4. The largest absolute Gasteiger partial charge is 0.381 e. The molecule has 0 atom stereocenters. The number of carbonyl (C=O) groups excluding carboxylic acids is 1. The number of rotatable bonds is 4. The van der Waals surface area contributed by atoms with E-state index in [1.54, 1.807) is 4.68 Å². The zero-order valence-electron chi connectivity index (χ0n) is 12.4. The summed E-state index contributed by atoms with van der Waals surface area (Å²) in [6.07, 6.45) is 2.98. The van der Waals surface area contributed by atoms with E-state index in [2.05, 4.69) is 10.4 Å². The second-order valence-corrected chi connectivity index (χ2v) is 5.54. The van der Waals surface area contributed by atoms with Crippen LogP contribution in [0.1, 0.15) is 18.5 Å². The van der Waals surface area contributed by atoms with Gasteiger partial charge in [-0.2, -0.15) is 5.10 Å². The number of hydrogen-bond acceptors (Lipinski definition) is 4. The van der Waals surface area contributed by atoms with Crippen LogP contribution in [-0.4, -0.2) is 34.4 Å². The Bertz CT molecular complexity index is 633. The highest BCUT2D eigenvalue weighted by atomic mass is 16.5. The van der Waals surface area contributed by atoms with E-state index < -0.39 is 5.54 Å². The SMILES string of the molecule is NC1(C(=O)NCc2ccn(-c3ccccc3)n2)CCOCC1. The number of carbonyl (C=O) groups is 1. The normalized spacial score (nSPS) is 17.1. The van der Waals surface area contributed by atoms with Gasteiger partial charge in [-0.3, -0.25) is 4.79 Å². The summed E-state index contributed by atoms with van der Waals surface area (Å²) in [6.45, 7) is 1.44. The third kappa shape index (κ3) is 3.18. The molecular formula is C16H20N4O2. The second kappa shape index (κ2) is 6.29. The lowest BCUT2D eigenvalue weighted by molar-refractivity contribution is -0.129. The van der Waals surface area contributed by atoms with Crippen molar-refractivity contribution in [3.8, 4) is 5.69 Å². The van der Waals surface area contributed by atoms with Crippen molar-refractivity contribution in [2.24, 2.45) is 5.73 Å². The Morgan fingerprint density at radius 3 is 2.73 bits per heavy atom. The molecule has 3 rings (SSSR count). The number of nitrogens with one attached hydrogen (secondary N) is 1. The van der Waals surface area contributed by atoms with E-state index in [0.29, 0.717) is 32.6 Å². The monoisotopic (exact) mass is 300 g/mol. The molecule has 2 heterocycles. The van der Waals surface area contributed by atoms with Crippen LogP contribution in [0.5, 0.6) is 0 Å². The third-order valence-electron chi connectivity index (χ3n) is 3.93. The number of nitrogens with two attached hydrogens (primary N) is 1. The summed E-state index contributed by atoms with van der Waals surface area (Å²) in [5, 5.41) is 7.34. The fourth-order valence-corrected chi connectivity index (χ4v) is 2.49. The van der Waals surface area contributed by atoms with Gasteiger partial charge in [0, 0.05) is 19.4 Å². The molecule has 1 fully saturated rings. The molecule has 0 spiro atoms. The minimum Gasteiger partial charge on any atom is -0.381 e. The van der Waals surface area contributed by atoms with E-state index >= 15 is 0 Å². The number of para-hydroxylation sites is 1. The fourth-order valence-electron chi connectivity index (χ4n) is 2.49. The fraction of sp³-hybridized carbons (Fsp3) is 0.375. The molecule has 0 aliphatic carbocycles. The minimum absolute atomic E-state index is 0.134. The second-order valence-electron chi connectivity index (χ2n) is 5.54. The lowest BCUT2D eigenvalue weighted by Crippen LogP contribution is -2.56. The molecule has 1 aromatic heterocycles. The van der Waals surface area contributed by atoms with Gasteiger partial charge >= 0.3 is 0 Å². The highest BCUT2D eigenvalue weighted by molar-refractivity contribution is 5.86. The number of ether oxygens (including phenoxy) is 1. The molecule has 6 heteroatoms. The van der Waals surface area contributed by atoms with Gasteiger partial charge in [0.1, 0.15) is 0 Å². The van der Waals surface area contributed by atoms with Gasteiger partial charge in [0.25, 0.3) is 0 Å². The number of aromatic nitrogens is 2. The van der Waals surface area contributed by atoms with Gasteiger partial charge in [-0.05, 0) is 31.0 Å². The summed E-state index contributed by atoms with van der Waals surface area (Å²) in [5.41, 5.74) is 7.11. The summed E-state index contributed by atoms with van der Waals surface area (Å²) >= 11 is 0. The summed E-state index contributed by atoms with van der Waals surface area (Å²) in [6, 6.07) is 11.7. The molecular weight excluding hydrogens is 280 g/mol. The van der Waals surface area contributed by atoms with Crippen molar-refractivity contribution in [1.82, 2.24) is 15.1 Å². The first kappa shape index (κ1) is 14.7. The van der Waals surface area contributed by atoms with Gasteiger partial charge in [0.05, 0.1) is 23.5 Å². The smallest absolute Gasteiger partial charge is 0.240 e. The highest BCUT2D eigenvalue weighted by Gasteiger charge is 2.35. The van der Waals surface area contributed by atoms with Crippen LogP contribution >= 0.6 is 0 Å². The molecule has 22 heavy (non-hydrogen) atoms. The van der Waals surface area contributed by atoms with Crippen LogP contribution in [0.4, 0.5) is 0 Å². The molecule has 0 unspecified atom stereocenters. The van der Waals surface area contributed by atoms with Crippen LogP contribution in [0.25, 0.3) is 5.69 Å². The maximum Gasteiger partial charge on any atom is 0.240 e. The first-order valence-corrected chi connectivity index (χ1v) is 7.42. The number of hydrogen-bond donors (Lipinski definition) is 2. The van der Waals surface area contributed by atoms with Crippen molar-refractivity contribution in [3.63, 3.8) is 0 Å². The lowest BCUT2D eigenvalue weighted by atomic mass is 9.90. The number of nitrogens with zero attached hydrogens (tertiary/aromatic N) is 2. The van der Waals surface area contributed by atoms with Gasteiger partial charge in [-0.15, -0.1) is 0 Å². The lowest BCUT2D eigenvalue weighted by Gasteiger charge is -2.31. The summed E-state index contributed by atoms with van der Waals surface area (Å²) < 4.78 is 7.04. The molecule has 6 nitrogen and oxygen atoms in total. The third-order valence-corrected chi connectivity index (χ3v) is 3.93. The highest BCUT2D eigenvalue weighted by Crippen LogP contribution is 2.17. The van der Waals surface area contributed by atoms with Crippen LogP contribution in [0, 0.1) is 0 Å². The summed E-state index contributed by atoms with van der Waals surface area (Å²) in [4.78, 5) is 12.2.